The minimum atomic E-state index is -0.944. The van der Waals surface area contributed by atoms with Crippen molar-refractivity contribution in [2.75, 3.05) is 5.01 Å². The molecule has 1 aliphatic rings. The molecule has 126 valence electrons. The molecule has 0 spiro atoms. The monoisotopic (exact) mass is 340 g/mol. The van der Waals surface area contributed by atoms with Crippen molar-refractivity contribution >= 4 is 23.1 Å². The predicted molar refractivity (Wildman–Crippen MR) is 101 cm³/mol. The van der Waals surface area contributed by atoms with Gasteiger partial charge < -0.3 is 0 Å². The molecule has 1 aliphatic heterocycles. The van der Waals surface area contributed by atoms with E-state index in [2.05, 4.69) is 5.10 Å². The fourth-order valence-electron chi connectivity index (χ4n) is 3.05. The smallest absolute Gasteiger partial charge is 0.264 e. The summed E-state index contributed by atoms with van der Waals surface area (Å²) in [4.78, 5) is 26.2. The van der Waals surface area contributed by atoms with Crippen molar-refractivity contribution in [3.63, 3.8) is 0 Å². The number of hydrogen-bond acceptors (Lipinski definition) is 3. The van der Waals surface area contributed by atoms with E-state index in [4.69, 9.17) is 0 Å². The van der Waals surface area contributed by atoms with Gasteiger partial charge in [0.2, 0.25) is 0 Å². The fraction of sp³-hybridized carbons (Fsp3) is 0.0455. The summed E-state index contributed by atoms with van der Waals surface area (Å²) < 4.78 is 0. The summed E-state index contributed by atoms with van der Waals surface area (Å²) in [5, 5.41) is 5.84. The van der Waals surface area contributed by atoms with Gasteiger partial charge >= 0.3 is 0 Å². The Hall–Kier alpha value is -3.53. The molecule has 0 aromatic heterocycles. The number of anilines is 1. The van der Waals surface area contributed by atoms with Crippen LogP contribution in [0.3, 0.4) is 0 Å². The zero-order chi connectivity index (χ0) is 17.9. The molecule has 0 bridgehead atoms. The highest BCUT2D eigenvalue weighted by Gasteiger charge is 2.42. The van der Waals surface area contributed by atoms with Crippen LogP contribution in [0.4, 0.5) is 5.69 Å². The number of carbonyl (C=O) groups excluding carboxylic acids is 2. The molecule has 0 N–H and O–H groups in total. The van der Waals surface area contributed by atoms with Gasteiger partial charge in [-0.3, -0.25) is 9.59 Å². The van der Waals surface area contributed by atoms with Crippen LogP contribution in [-0.2, 0) is 4.79 Å². The van der Waals surface area contributed by atoms with E-state index in [0.717, 1.165) is 5.56 Å². The zero-order valence-corrected chi connectivity index (χ0v) is 13.9. The second kappa shape index (κ2) is 6.76. The van der Waals surface area contributed by atoms with Crippen molar-refractivity contribution in [1.82, 2.24) is 0 Å². The maximum atomic E-state index is 13.1. The summed E-state index contributed by atoms with van der Waals surface area (Å²) in [5.41, 5.74) is 2.40. The van der Waals surface area contributed by atoms with Gasteiger partial charge in [0.1, 0.15) is 5.92 Å². The number of rotatable bonds is 4. The Balaban J connectivity index is 1.80. The lowest BCUT2D eigenvalue weighted by Crippen LogP contribution is -2.33. The van der Waals surface area contributed by atoms with Crippen LogP contribution < -0.4 is 5.01 Å². The number of Topliss-reactive ketones (excluding diaryl/α,β-unsaturated/α-hetero) is 1. The molecule has 0 fully saturated rings. The highest BCUT2D eigenvalue weighted by molar-refractivity contribution is 6.34. The standard InChI is InChI=1S/C22H16N2O2/c25-21(17-12-6-2-7-13-17)19-20(16-10-4-1-5-11-16)23-24(22(19)26)18-14-8-3-9-15-18/h1-15,19H/t19-/m0/s1. The van der Waals surface area contributed by atoms with E-state index in [1.807, 2.05) is 54.6 Å². The third-order valence-corrected chi connectivity index (χ3v) is 4.33. The first-order chi connectivity index (χ1) is 12.8. The molecule has 4 nitrogen and oxygen atoms in total. The number of hydrazone groups is 1. The Kier molecular flexibility index (Phi) is 4.15. The second-order valence-corrected chi connectivity index (χ2v) is 6.00. The summed E-state index contributed by atoms with van der Waals surface area (Å²) in [6.45, 7) is 0. The van der Waals surface area contributed by atoms with Gasteiger partial charge in [-0.15, -0.1) is 0 Å². The molecule has 1 atom stereocenters. The fourth-order valence-corrected chi connectivity index (χ4v) is 3.05. The van der Waals surface area contributed by atoms with Crippen molar-refractivity contribution in [1.29, 1.82) is 0 Å². The summed E-state index contributed by atoms with van der Waals surface area (Å²) in [6, 6.07) is 27.4. The molecule has 1 heterocycles. The third kappa shape index (κ3) is 2.82. The van der Waals surface area contributed by atoms with Crippen molar-refractivity contribution < 1.29 is 9.59 Å². The molecule has 26 heavy (non-hydrogen) atoms. The summed E-state index contributed by atoms with van der Waals surface area (Å²) in [5.74, 6) is -1.51. The van der Waals surface area contributed by atoms with E-state index in [1.54, 1.807) is 36.4 Å². The minimum Gasteiger partial charge on any atom is -0.293 e. The predicted octanol–water partition coefficient (Wildman–Crippen LogP) is 3.94. The van der Waals surface area contributed by atoms with Gasteiger partial charge in [-0.2, -0.15) is 10.1 Å². The molecule has 0 saturated heterocycles. The van der Waals surface area contributed by atoms with Crippen molar-refractivity contribution in [2.45, 2.75) is 0 Å². The average Bonchev–Trinajstić information content (AvgIpc) is 3.06. The second-order valence-electron chi connectivity index (χ2n) is 6.00. The molecule has 0 aliphatic carbocycles. The first-order valence-corrected chi connectivity index (χ1v) is 8.38. The molecule has 3 aromatic carbocycles. The quantitative estimate of drug-likeness (QED) is 0.534. The number of benzene rings is 3. The van der Waals surface area contributed by atoms with Crippen molar-refractivity contribution in [3.05, 3.63) is 102 Å². The average molecular weight is 340 g/mol. The van der Waals surface area contributed by atoms with Crippen LogP contribution in [0, 0.1) is 5.92 Å². The maximum Gasteiger partial charge on any atom is 0.264 e. The van der Waals surface area contributed by atoms with Crippen LogP contribution in [0.15, 0.2) is 96.1 Å². The Morgan fingerprint density at radius 1 is 0.769 bits per heavy atom. The molecule has 1 amide bonds. The van der Waals surface area contributed by atoms with Gasteiger partial charge in [0.25, 0.3) is 5.91 Å². The molecule has 3 aromatic rings. The zero-order valence-electron chi connectivity index (χ0n) is 13.9. The Labute approximate surface area is 151 Å². The van der Waals surface area contributed by atoms with Gasteiger partial charge in [-0.1, -0.05) is 78.9 Å². The molecule has 0 saturated carbocycles. The molecule has 0 radical (unpaired) electrons. The maximum absolute atomic E-state index is 13.1. The molecule has 0 unspecified atom stereocenters. The van der Waals surface area contributed by atoms with Crippen LogP contribution >= 0.6 is 0 Å². The van der Waals surface area contributed by atoms with Gasteiger partial charge in [0.05, 0.1) is 11.4 Å². The lowest BCUT2D eigenvalue weighted by Gasteiger charge is -2.14. The minimum absolute atomic E-state index is 0.239. The summed E-state index contributed by atoms with van der Waals surface area (Å²) in [7, 11) is 0. The van der Waals surface area contributed by atoms with Crippen LogP contribution in [0.2, 0.25) is 0 Å². The van der Waals surface area contributed by atoms with Crippen molar-refractivity contribution in [2.24, 2.45) is 11.0 Å². The molecular formula is C22H16N2O2. The van der Waals surface area contributed by atoms with Crippen LogP contribution in [0.5, 0.6) is 0 Å². The molecule has 4 rings (SSSR count). The lowest BCUT2D eigenvalue weighted by atomic mass is 9.89. The van der Waals surface area contributed by atoms with E-state index in [1.165, 1.54) is 5.01 Å². The first-order valence-electron chi connectivity index (χ1n) is 8.38. The topological polar surface area (TPSA) is 49.7 Å². The first kappa shape index (κ1) is 16.0. The normalized spacial score (nSPS) is 16.5. The summed E-state index contributed by atoms with van der Waals surface area (Å²) >= 11 is 0. The van der Waals surface area contributed by atoms with Crippen LogP contribution in [0.1, 0.15) is 15.9 Å². The Morgan fingerprint density at radius 2 is 1.31 bits per heavy atom. The molecule has 4 heteroatoms. The Morgan fingerprint density at radius 3 is 1.92 bits per heavy atom. The Bertz CT molecular complexity index is 967. The van der Waals surface area contributed by atoms with E-state index < -0.39 is 5.92 Å². The summed E-state index contributed by atoms with van der Waals surface area (Å²) in [6.07, 6.45) is 0. The van der Waals surface area contributed by atoms with Gasteiger partial charge in [0.15, 0.2) is 5.78 Å². The highest BCUT2D eigenvalue weighted by atomic mass is 16.2. The third-order valence-electron chi connectivity index (χ3n) is 4.33. The van der Waals surface area contributed by atoms with E-state index in [9.17, 15) is 9.59 Å². The van der Waals surface area contributed by atoms with E-state index in [0.29, 0.717) is 17.0 Å². The van der Waals surface area contributed by atoms with Gasteiger partial charge in [-0.05, 0) is 17.7 Å². The largest absolute Gasteiger partial charge is 0.293 e. The number of hydrogen-bond donors (Lipinski definition) is 0. The highest BCUT2D eigenvalue weighted by Crippen LogP contribution is 2.28. The number of ketones is 1. The van der Waals surface area contributed by atoms with Crippen LogP contribution in [-0.4, -0.2) is 17.4 Å². The van der Waals surface area contributed by atoms with E-state index in [-0.39, 0.29) is 11.7 Å². The number of para-hydroxylation sites is 1. The number of carbonyl (C=O) groups is 2. The van der Waals surface area contributed by atoms with Gasteiger partial charge in [-0.25, -0.2) is 0 Å². The van der Waals surface area contributed by atoms with Gasteiger partial charge in [0, 0.05) is 5.56 Å². The number of amides is 1. The lowest BCUT2D eigenvalue weighted by molar-refractivity contribution is -0.118. The number of nitrogens with zero attached hydrogens (tertiary/aromatic N) is 2. The van der Waals surface area contributed by atoms with Crippen LogP contribution in [0.25, 0.3) is 0 Å². The van der Waals surface area contributed by atoms with Crippen molar-refractivity contribution in [3.8, 4) is 0 Å². The SMILES string of the molecule is O=C(c1ccccc1)[C@H]1C(=O)N(c2ccccc2)N=C1c1ccccc1. The van der Waals surface area contributed by atoms with E-state index >= 15 is 0 Å². The molecular weight excluding hydrogens is 324 g/mol.